The second kappa shape index (κ2) is 2.96. The van der Waals surface area contributed by atoms with Gasteiger partial charge in [-0.2, -0.15) is 0 Å². The molecule has 17 heavy (non-hydrogen) atoms. The van der Waals surface area contributed by atoms with Gasteiger partial charge < -0.3 is 0 Å². The molecule has 0 heterocycles. The average Bonchev–Trinajstić information content (AvgIpc) is 2.83. The predicted octanol–water partition coefficient (Wildman–Crippen LogP) is 2.35. The number of ketones is 2. The molecular formula is C13H12Br2O2. The molecule has 7 atom stereocenters. The van der Waals surface area contributed by atoms with Crippen LogP contribution in [0.25, 0.3) is 0 Å². The van der Waals surface area contributed by atoms with E-state index in [1.165, 1.54) is 0 Å². The van der Waals surface area contributed by atoms with Crippen LogP contribution >= 0.6 is 31.9 Å². The number of rotatable bonds is 1. The van der Waals surface area contributed by atoms with Gasteiger partial charge in [-0.15, -0.1) is 0 Å². The first-order chi connectivity index (χ1) is 8.05. The van der Waals surface area contributed by atoms with Crippen molar-refractivity contribution in [2.24, 2.45) is 35.0 Å². The fraction of sp³-hybridized carbons (Fsp3) is 0.692. The fourth-order valence-electron chi connectivity index (χ4n) is 5.21. The molecule has 0 N–H and O–H groups in total. The monoisotopic (exact) mass is 358 g/mol. The Morgan fingerprint density at radius 1 is 1.41 bits per heavy atom. The first-order valence-corrected chi connectivity index (χ1v) is 8.06. The normalized spacial score (nSPS) is 58.6. The molecule has 4 saturated carbocycles. The number of fused-ring (bicyclic) bond motifs is 4. The van der Waals surface area contributed by atoms with E-state index in [1.54, 1.807) is 0 Å². The van der Waals surface area contributed by atoms with E-state index in [1.807, 2.05) is 0 Å². The minimum Gasteiger partial charge on any atom is -0.298 e. The van der Waals surface area contributed by atoms with E-state index >= 15 is 0 Å². The molecule has 4 aliphatic carbocycles. The fourth-order valence-corrected chi connectivity index (χ4v) is 7.45. The molecule has 4 fully saturated rings. The molecule has 0 aromatic heterocycles. The van der Waals surface area contributed by atoms with Crippen LogP contribution in [-0.2, 0) is 9.59 Å². The van der Waals surface area contributed by atoms with Crippen LogP contribution in [-0.4, -0.2) is 21.7 Å². The molecule has 4 bridgehead atoms. The number of hydrogen-bond acceptors (Lipinski definition) is 2. The van der Waals surface area contributed by atoms with Crippen LogP contribution in [0.3, 0.4) is 0 Å². The Hall–Kier alpha value is 0.0400. The van der Waals surface area contributed by atoms with Crippen LogP contribution in [0.2, 0.25) is 0 Å². The Kier molecular flexibility index (Phi) is 1.90. The molecular weight excluding hydrogens is 348 g/mol. The van der Waals surface area contributed by atoms with Crippen molar-refractivity contribution in [3.63, 3.8) is 0 Å². The first kappa shape index (κ1) is 10.9. The van der Waals surface area contributed by atoms with Crippen molar-refractivity contribution in [2.45, 2.75) is 11.2 Å². The topological polar surface area (TPSA) is 34.1 Å². The summed E-state index contributed by atoms with van der Waals surface area (Å²) in [5.74, 6) is 1.23. The van der Waals surface area contributed by atoms with E-state index in [-0.39, 0.29) is 23.0 Å². The van der Waals surface area contributed by atoms with E-state index < -0.39 is 0 Å². The Balaban J connectivity index is 2.03. The van der Waals surface area contributed by atoms with Crippen molar-refractivity contribution in [2.75, 3.05) is 5.33 Å². The lowest BCUT2D eigenvalue weighted by Crippen LogP contribution is -2.49. The zero-order valence-corrected chi connectivity index (χ0v) is 12.3. The number of alkyl halides is 2. The van der Waals surface area contributed by atoms with Gasteiger partial charge in [0.1, 0.15) is 5.78 Å². The van der Waals surface area contributed by atoms with Gasteiger partial charge in [-0.05, 0) is 29.7 Å². The highest BCUT2D eigenvalue weighted by Crippen LogP contribution is 2.75. The smallest absolute Gasteiger partial charge is 0.163 e. The molecule has 2 nitrogen and oxygen atoms in total. The number of Topliss-reactive ketones (excluding diaryl/α,β-unsaturated/α-hetero) is 2. The van der Waals surface area contributed by atoms with Crippen molar-refractivity contribution in [3.05, 3.63) is 12.2 Å². The summed E-state index contributed by atoms with van der Waals surface area (Å²) >= 11 is 7.26. The van der Waals surface area contributed by atoms with E-state index in [0.29, 0.717) is 39.3 Å². The first-order valence-electron chi connectivity index (χ1n) is 6.03. The molecule has 4 heteroatoms. The van der Waals surface area contributed by atoms with Gasteiger partial charge >= 0.3 is 0 Å². The van der Waals surface area contributed by atoms with Gasteiger partial charge in [0.2, 0.25) is 0 Å². The van der Waals surface area contributed by atoms with Gasteiger partial charge in [-0.3, -0.25) is 9.59 Å². The summed E-state index contributed by atoms with van der Waals surface area (Å²) in [6, 6.07) is 0. The minimum atomic E-state index is -0.386. The van der Waals surface area contributed by atoms with Crippen LogP contribution < -0.4 is 0 Å². The third kappa shape index (κ3) is 0.849. The number of allylic oxidation sites excluding steroid dienone is 1. The van der Waals surface area contributed by atoms with Crippen LogP contribution in [0.4, 0.5) is 0 Å². The number of carbonyl (C=O) groups is 2. The average molecular weight is 360 g/mol. The van der Waals surface area contributed by atoms with Gasteiger partial charge in [-0.1, -0.05) is 38.4 Å². The van der Waals surface area contributed by atoms with Crippen LogP contribution in [0.15, 0.2) is 12.2 Å². The molecule has 90 valence electrons. The lowest BCUT2D eigenvalue weighted by atomic mass is 9.64. The Morgan fingerprint density at radius 2 is 2.12 bits per heavy atom. The summed E-state index contributed by atoms with van der Waals surface area (Å²) in [4.78, 5) is 25.5. The highest BCUT2D eigenvalue weighted by Gasteiger charge is 2.79. The van der Waals surface area contributed by atoms with Crippen LogP contribution in [0.5, 0.6) is 0 Å². The molecule has 0 amide bonds. The number of hydrogen-bond donors (Lipinski definition) is 0. The Bertz CT molecular complexity index is 486. The maximum atomic E-state index is 12.7. The van der Waals surface area contributed by atoms with E-state index in [9.17, 15) is 9.59 Å². The van der Waals surface area contributed by atoms with E-state index in [2.05, 4.69) is 38.4 Å². The number of carbonyl (C=O) groups excluding carboxylic acids is 2. The summed E-state index contributed by atoms with van der Waals surface area (Å²) < 4.78 is 0. The van der Waals surface area contributed by atoms with Crippen molar-refractivity contribution in [1.82, 2.24) is 0 Å². The maximum Gasteiger partial charge on any atom is 0.163 e. The van der Waals surface area contributed by atoms with Crippen molar-refractivity contribution >= 4 is 43.4 Å². The summed E-state index contributed by atoms with van der Waals surface area (Å²) in [5.41, 5.74) is 0.207. The van der Waals surface area contributed by atoms with E-state index in [4.69, 9.17) is 0 Å². The van der Waals surface area contributed by atoms with Crippen LogP contribution in [0.1, 0.15) is 6.42 Å². The zero-order chi connectivity index (χ0) is 12.1. The molecule has 0 saturated heterocycles. The zero-order valence-electron chi connectivity index (χ0n) is 9.16. The molecule has 2 unspecified atom stereocenters. The molecule has 4 aliphatic rings. The largest absolute Gasteiger partial charge is 0.298 e. The molecule has 0 aromatic rings. The SMILES string of the molecule is C=C1C(=O)[C@@H]2C3C[C@@H]4[C@@H](C1C(=O)[C@]24CBr)[C@@H]3Br. The molecule has 4 rings (SSSR count). The third-order valence-corrected chi connectivity index (χ3v) is 7.95. The second-order valence-corrected chi connectivity index (χ2v) is 7.53. The number of halogens is 2. The molecule has 0 spiro atoms. The van der Waals surface area contributed by atoms with Gasteiger partial charge in [0.05, 0.1) is 11.3 Å². The van der Waals surface area contributed by atoms with Crippen molar-refractivity contribution in [1.29, 1.82) is 0 Å². The van der Waals surface area contributed by atoms with Gasteiger partial charge in [-0.25, -0.2) is 0 Å². The quantitative estimate of drug-likeness (QED) is 0.532. The summed E-state index contributed by atoms with van der Waals surface area (Å²) in [7, 11) is 0. The Morgan fingerprint density at radius 3 is 2.76 bits per heavy atom. The second-order valence-electron chi connectivity index (χ2n) is 5.91. The third-order valence-electron chi connectivity index (χ3n) is 5.73. The minimum absolute atomic E-state index is 0.105. The lowest BCUT2D eigenvalue weighted by molar-refractivity contribution is -0.140. The van der Waals surface area contributed by atoms with Crippen LogP contribution in [0, 0.1) is 35.0 Å². The predicted molar refractivity (Wildman–Crippen MR) is 70.2 cm³/mol. The summed E-state index contributed by atoms with van der Waals surface area (Å²) in [6.45, 7) is 3.91. The van der Waals surface area contributed by atoms with Gasteiger partial charge in [0.15, 0.2) is 5.78 Å². The van der Waals surface area contributed by atoms with E-state index in [0.717, 1.165) is 6.42 Å². The highest BCUT2D eigenvalue weighted by molar-refractivity contribution is 9.09. The molecule has 0 aromatic carbocycles. The Labute approximate surface area is 116 Å². The molecule has 0 aliphatic heterocycles. The summed E-state index contributed by atoms with van der Waals surface area (Å²) in [6.07, 6.45) is 1.04. The standard InChI is InChI=1S/C13H12Br2O2/c1-4-7-8-6-2-5(10(8)15)9(11(4)16)13(6,3-14)12(7)17/h5-10H,1-3H2/t5?,6-,7?,8+,9+,10-,13+/m1/s1. The van der Waals surface area contributed by atoms with Crippen molar-refractivity contribution < 1.29 is 9.59 Å². The summed E-state index contributed by atoms with van der Waals surface area (Å²) in [5, 5.41) is 0.649. The lowest BCUT2D eigenvalue weighted by Gasteiger charge is -2.39. The van der Waals surface area contributed by atoms with Crippen molar-refractivity contribution in [3.8, 4) is 0 Å². The maximum absolute atomic E-state index is 12.7. The molecule has 0 radical (unpaired) electrons. The highest BCUT2D eigenvalue weighted by atomic mass is 79.9. The van der Waals surface area contributed by atoms with Gasteiger partial charge in [0.25, 0.3) is 0 Å². The van der Waals surface area contributed by atoms with Gasteiger partial charge in [0, 0.05) is 16.1 Å².